The normalized spacial score (nSPS) is 13.0. The molecule has 5 heteroatoms. The summed E-state index contributed by atoms with van der Waals surface area (Å²) in [5.74, 6) is 0.833. The number of pyridine rings is 1. The number of nitrogens with zero attached hydrogens (tertiary/aromatic N) is 1. The highest BCUT2D eigenvalue weighted by Gasteiger charge is 2.22. The molecule has 0 unspecified atom stereocenters. The molecule has 2 aromatic carbocycles. The zero-order valence-electron chi connectivity index (χ0n) is 13.9. The maximum Gasteiger partial charge on any atom is 0.170 e. The van der Waals surface area contributed by atoms with E-state index in [0.717, 1.165) is 16.7 Å². The summed E-state index contributed by atoms with van der Waals surface area (Å²) in [7, 11) is 0. The summed E-state index contributed by atoms with van der Waals surface area (Å²) in [6.45, 7) is 0.717. The van der Waals surface area contributed by atoms with Gasteiger partial charge in [-0.25, -0.2) is 4.39 Å². The van der Waals surface area contributed by atoms with Gasteiger partial charge in [-0.3, -0.25) is 9.78 Å². The molecule has 130 valence electrons. The van der Waals surface area contributed by atoms with Crippen LogP contribution in [-0.2, 0) is 6.61 Å². The predicted octanol–water partition coefficient (Wildman–Crippen LogP) is 4.43. The van der Waals surface area contributed by atoms with Crippen LogP contribution in [-0.4, -0.2) is 17.4 Å². The number of Topliss-reactive ketones (excluding diaryl/α,β-unsaturated/α-hetero) is 1. The molecular formula is C21H16FNO3. The van der Waals surface area contributed by atoms with E-state index in [1.165, 1.54) is 12.1 Å². The van der Waals surface area contributed by atoms with Crippen LogP contribution in [0.1, 0.15) is 22.3 Å². The van der Waals surface area contributed by atoms with Gasteiger partial charge in [0.2, 0.25) is 0 Å². The highest BCUT2D eigenvalue weighted by Crippen LogP contribution is 2.38. The number of carbonyl (C=O) groups is 1. The van der Waals surface area contributed by atoms with Gasteiger partial charge in [-0.15, -0.1) is 0 Å². The van der Waals surface area contributed by atoms with Gasteiger partial charge in [-0.2, -0.15) is 0 Å². The number of rotatable bonds is 4. The summed E-state index contributed by atoms with van der Waals surface area (Å²) < 4.78 is 24.9. The van der Waals surface area contributed by atoms with Crippen molar-refractivity contribution in [3.8, 4) is 22.6 Å². The van der Waals surface area contributed by atoms with Crippen molar-refractivity contribution in [2.24, 2.45) is 0 Å². The molecule has 0 saturated heterocycles. The summed E-state index contributed by atoms with van der Waals surface area (Å²) in [6, 6.07) is 13.4. The molecule has 0 bridgehead atoms. The number of hydrogen-bond acceptors (Lipinski definition) is 4. The van der Waals surface area contributed by atoms with Crippen molar-refractivity contribution in [1.29, 1.82) is 0 Å². The highest BCUT2D eigenvalue weighted by molar-refractivity contribution is 6.01. The van der Waals surface area contributed by atoms with Crippen LogP contribution in [0.3, 0.4) is 0 Å². The summed E-state index contributed by atoms with van der Waals surface area (Å²) in [5, 5.41) is 0. The van der Waals surface area contributed by atoms with Crippen LogP contribution in [0.4, 0.5) is 4.39 Å². The van der Waals surface area contributed by atoms with E-state index in [1.54, 1.807) is 36.7 Å². The van der Waals surface area contributed by atoms with Gasteiger partial charge in [0.1, 0.15) is 23.9 Å². The molecule has 0 spiro atoms. The molecule has 0 N–H and O–H groups in total. The van der Waals surface area contributed by atoms with Crippen molar-refractivity contribution in [2.45, 2.75) is 13.0 Å². The number of fused-ring (bicyclic) bond motifs is 1. The average molecular weight is 349 g/mol. The Morgan fingerprint density at radius 1 is 1.04 bits per heavy atom. The van der Waals surface area contributed by atoms with Crippen molar-refractivity contribution in [3.63, 3.8) is 0 Å². The molecule has 0 atom stereocenters. The van der Waals surface area contributed by atoms with Gasteiger partial charge >= 0.3 is 0 Å². The van der Waals surface area contributed by atoms with E-state index in [2.05, 4.69) is 4.98 Å². The first-order chi connectivity index (χ1) is 12.7. The Labute approximate surface area is 150 Å². The predicted molar refractivity (Wildman–Crippen MR) is 94.8 cm³/mol. The number of ketones is 1. The molecule has 1 aliphatic heterocycles. The minimum absolute atomic E-state index is 0.0373. The Morgan fingerprint density at radius 2 is 1.81 bits per heavy atom. The number of carbonyl (C=O) groups excluding carboxylic acids is 1. The third-order valence-corrected chi connectivity index (χ3v) is 4.27. The smallest absolute Gasteiger partial charge is 0.170 e. The molecule has 0 amide bonds. The lowest BCUT2D eigenvalue weighted by Crippen LogP contribution is -2.15. The molecular weight excluding hydrogens is 333 g/mol. The maximum absolute atomic E-state index is 13.3. The number of benzene rings is 2. The fraction of sp³-hybridized carbons (Fsp3) is 0.143. The van der Waals surface area contributed by atoms with Crippen LogP contribution in [0.25, 0.3) is 11.1 Å². The Morgan fingerprint density at radius 3 is 2.58 bits per heavy atom. The molecule has 0 radical (unpaired) electrons. The molecule has 26 heavy (non-hydrogen) atoms. The topological polar surface area (TPSA) is 48.4 Å². The Kier molecular flexibility index (Phi) is 4.35. The Balaban J connectivity index is 1.75. The lowest BCUT2D eigenvalue weighted by Gasteiger charge is -2.20. The maximum atomic E-state index is 13.3. The largest absolute Gasteiger partial charge is 0.492 e. The van der Waals surface area contributed by atoms with Gasteiger partial charge in [-0.1, -0.05) is 12.1 Å². The van der Waals surface area contributed by atoms with Crippen LogP contribution < -0.4 is 9.47 Å². The molecule has 0 saturated carbocycles. The third kappa shape index (κ3) is 3.28. The lowest BCUT2D eigenvalue weighted by atomic mass is 9.97. The van der Waals surface area contributed by atoms with Gasteiger partial charge in [-0.05, 0) is 41.5 Å². The Hall–Kier alpha value is -3.21. The second-order valence-electron chi connectivity index (χ2n) is 6.02. The minimum atomic E-state index is -0.314. The summed E-state index contributed by atoms with van der Waals surface area (Å²) in [4.78, 5) is 16.2. The SMILES string of the molecule is O=C1CCOc2cc(OCc3ccncc3)c(-c3ccc(F)cc3)cc21. The van der Waals surface area contributed by atoms with E-state index < -0.39 is 0 Å². The zero-order chi connectivity index (χ0) is 17.9. The standard InChI is InChI=1S/C21H16FNO3/c22-16-3-1-15(2-4-16)17-11-18-19(24)7-10-25-21(18)12-20(17)26-13-14-5-8-23-9-6-14/h1-6,8-9,11-12H,7,10,13H2. The fourth-order valence-corrected chi connectivity index (χ4v) is 2.90. The lowest BCUT2D eigenvalue weighted by molar-refractivity contribution is 0.0933. The van der Waals surface area contributed by atoms with Crippen molar-refractivity contribution >= 4 is 5.78 Å². The molecule has 4 rings (SSSR count). The summed E-state index contributed by atoms with van der Waals surface area (Å²) >= 11 is 0. The van der Waals surface area contributed by atoms with E-state index in [9.17, 15) is 9.18 Å². The minimum Gasteiger partial charge on any atom is -0.492 e. The van der Waals surface area contributed by atoms with Crippen LogP contribution in [0, 0.1) is 5.82 Å². The van der Waals surface area contributed by atoms with Crippen molar-refractivity contribution in [3.05, 3.63) is 77.9 Å². The van der Waals surface area contributed by atoms with E-state index in [4.69, 9.17) is 9.47 Å². The first-order valence-corrected chi connectivity index (χ1v) is 8.32. The van der Waals surface area contributed by atoms with Crippen molar-refractivity contribution in [1.82, 2.24) is 4.98 Å². The number of halogens is 1. The van der Waals surface area contributed by atoms with Crippen LogP contribution in [0.2, 0.25) is 0 Å². The second-order valence-corrected chi connectivity index (χ2v) is 6.02. The molecule has 0 aliphatic carbocycles. The second kappa shape index (κ2) is 6.96. The summed E-state index contributed by atoms with van der Waals surface area (Å²) in [6.07, 6.45) is 3.76. The van der Waals surface area contributed by atoms with Gasteiger partial charge in [0.25, 0.3) is 0 Å². The average Bonchev–Trinajstić information content (AvgIpc) is 2.68. The van der Waals surface area contributed by atoms with Gasteiger partial charge in [0.15, 0.2) is 5.78 Å². The van der Waals surface area contributed by atoms with Crippen molar-refractivity contribution in [2.75, 3.05) is 6.61 Å². The van der Waals surface area contributed by atoms with Crippen LogP contribution >= 0.6 is 0 Å². The van der Waals surface area contributed by atoms with E-state index >= 15 is 0 Å². The van der Waals surface area contributed by atoms with E-state index in [1.807, 2.05) is 12.1 Å². The number of aromatic nitrogens is 1. The van der Waals surface area contributed by atoms with E-state index in [-0.39, 0.29) is 11.6 Å². The third-order valence-electron chi connectivity index (χ3n) is 4.27. The number of ether oxygens (including phenoxy) is 2. The Bertz CT molecular complexity index is 939. The molecule has 1 aliphatic rings. The van der Waals surface area contributed by atoms with Gasteiger partial charge in [0.05, 0.1) is 12.2 Å². The van der Waals surface area contributed by atoms with Crippen LogP contribution in [0.15, 0.2) is 60.9 Å². The zero-order valence-corrected chi connectivity index (χ0v) is 13.9. The molecule has 3 aromatic rings. The van der Waals surface area contributed by atoms with Gasteiger partial charge < -0.3 is 9.47 Å². The fourth-order valence-electron chi connectivity index (χ4n) is 2.90. The first kappa shape index (κ1) is 16.3. The van der Waals surface area contributed by atoms with Gasteiger partial charge in [0, 0.05) is 30.4 Å². The number of hydrogen-bond donors (Lipinski definition) is 0. The van der Waals surface area contributed by atoms with Crippen molar-refractivity contribution < 1.29 is 18.7 Å². The molecule has 2 heterocycles. The molecule has 4 nitrogen and oxygen atoms in total. The monoisotopic (exact) mass is 349 g/mol. The quantitative estimate of drug-likeness (QED) is 0.699. The van der Waals surface area contributed by atoms with Crippen LogP contribution in [0.5, 0.6) is 11.5 Å². The molecule has 1 aromatic heterocycles. The molecule has 0 fully saturated rings. The highest BCUT2D eigenvalue weighted by atomic mass is 19.1. The first-order valence-electron chi connectivity index (χ1n) is 8.32. The van der Waals surface area contributed by atoms with E-state index in [0.29, 0.717) is 36.7 Å². The summed E-state index contributed by atoms with van der Waals surface area (Å²) in [5.41, 5.74) is 3.01.